The summed E-state index contributed by atoms with van der Waals surface area (Å²) in [4.78, 5) is 67.6. The average Bonchev–Trinajstić information content (AvgIpc) is 3.98. The molecule has 2 saturated heterocycles. The predicted molar refractivity (Wildman–Crippen MR) is 289 cm³/mol. The fourth-order valence-electron chi connectivity index (χ4n) is 11.8. The summed E-state index contributed by atoms with van der Waals surface area (Å²) in [7, 11) is 1.92. The molecule has 3 fully saturated rings. The summed E-state index contributed by atoms with van der Waals surface area (Å²) >= 11 is 1.44. The molecule has 1 saturated carbocycles. The molecule has 3 N–H and O–H groups in total. The van der Waals surface area contributed by atoms with E-state index in [1.54, 1.807) is 0 Å². The topological polar surface area (TPSA) is 175 Å². The van der Waals surface area contributed by atoms with Crippen LogP contribution in [0.15, 0.2) is 91.0 Å². The second-order valence-electron chi connectivity index (χ2n) is 21.2. The van der Waals surface area contributed by atoms with Gasteiger partial charge in [0.2, 0.25) is 11.8 Å². The first-order chi connectivity index (χ1) is 35.8. The number of anilines is 3. The Hall–Kier alpha value is -7.17. The number of ether oxygens (including phenoxy) is 1. The Morgan fingerprint density at radius 1 is 0.851 bits per heavy atom. The highest BCUT2D eigenvalue weighted by Gasteiger charge is 2.35. The molecule has 15 nitrogen and oxygen atoms in total. The van der Waals surface area contributed by atoms with E-state index in [1.807, 2.05) is 91.4 Å². The number of nitrogens with zero attached hydrogens (tertiary/aromatic N) is 7. The van der Waals surface area contributed by atoms with Crippen LogP contribution in [-0.2, 0) is 29.6 Å². The number of nitrogens with one attached hydrogen (secondary N) is 2. The lowest BCUT2D eigenvalue weighted by Crippen LogP contribution is -2.54. The molecule has 4 aromatic carbocycles. The Morgan fingerprint density at radius 2 is 1.65 bits per heavy atom. The molecule has 6 heterocycles. The number of carboxylic acids is 1. The number of aryl methyl sites for hydroxylation is 1. The molecule has 3 aliphatic heterocycles. The fourth-order valence-corrected chi connectivity index (χ4v) is 12.7. The summed E-state index contributed by atoms with van der Waals surface area (Å²) in [6.07, 6.45) is 8.06. The van der Waals surface area contributed by atoms with Crippen LogP contribution in [0.1, 0.15) is 114 Å². The van der Waals surface area contributed by atoms with Gasteiger partial charge in [0.15, 0.2) is 10.8 Å². The van der Waals surface area contributed by atoms with E-state index in [0.29, 0.717) is 60.3 Å². The van der Waals surface area contributed by atoms with Crippen LogP contribution >= 0.6 is 11.3 Å². The van der Waals surface area contributed by atoms with Crippen molar-refractivity contribution in [2.45, 2.75) is 103 Å². The van der Waals surface area contributed by atoms with Crippen LogP contribution < -0.4 is 25.2 Å². The minimum absolute atomic E-state index is 0.0215. The highest BCUT2D eigenvalue weighted by Crippen LogP contribution is 2.39. The summed E-state index contributed by atoms with van der Waals surface area (Å²) in [6, 6.07) is 29.6. The first kappa shape index (κ1) is 49.1. The molecule has 0 spiro atoms. The largest absolute Gasteiger partial charge is 0.490 e. The lowest BCUT2D eigenvalue weighted by atomic mass is 9.81. The molecular formula is C58H63N9O6S. The van der Waals surface area contributed by atoms with Crippen molar-refractivity contribution in [2.75, 3.05) is 47.8 Å². The number of thiazole rings is 1. The third-order valence-corrected chi connectivity index (χ3v) is 17.2. The summed E-state index contributed by atoms with van der Waals surface area (Å²) in [5.74, 6) is -0.268. The van der Waals surface area contributed by atoms with Crippen LogP contribution in [0, 0.1) is 12.8 Å². The maximum Gasteiger partial charge on any atom is 0.355 e. The van der Waals surface area contributed by atoms with Gasteiger partial charge in [-0.05, 0) is 155 Å². The molecule has 3 aromatic heterocycles. The predicted octanol–water partition coefficient (Wildman–Crippen LogP) is 9.91. The molecule has 16 heteroatoms. The van der Waals surface area contributed by atoms with Crippen molar-refractivity contribution in [3.05, 3.63) is 125 Å². The molecule has 7 aromatic rings. The van der Waals surface area contributed by atoms with Gasteiger partial charge in [0.25, 0.3) is 5.91 Å². The number of benzene rings is 4. The van der Waals surface area contributed by atoms with Crippen LogP contribution in [0.5, 0.6) is 5.75 Å². The number of imide groups is 1. The van der Waals surface area contributed by atoms with Crippen molar-refractivity contribution >= 4 is 72.8 Å². The third kappa shape index (κ3) is 9.84. The van der Waals surface area contributed by atoms with Gasteiger partial charge in [0.05, 0.1) is 33.4 Å². The van der Waals surface area contributed by atoms with Crippen molar-refractivity contribution in [2.24, 2.45) is 13.0 Å². The smallest absolute Gasteiger partial charge is 0.355 e. The monoisotopic (exact) mass is 1010 g/mol. The van der Waals surface area contributed by atoms with Crippen LogP contribution in [0.4, 0.5) is 16.6 Å². The highest BCUT2D eigenvalue weighted by atomic mass is 32.1. The van der Waals surface area contributed by atoms with Gasteiger partial charge in [-0.3, -0.25) is 34.6 Å². The number of carbonyl (C=O) groups is 4. The van der Waals surface area contributed by atoms with E-state index in [4.69, 9.17) is 14.8 Å². The minimum Gasteiger partial charge on any atom is -0.490 e. The van der Waals surface area contributed by atoms with E-state index < -0.39 is 11.9 Å². The molecule has 0 radical (unpaired) electrons. The Balaban J connectivity index is 0.680. The average molecular weight is 1010 g/mol. The maximum atomic E-state index is 13.7. The Labute approximate surface area is 434 Å². The zero-order valence-electron chi connectivity index (χ0n) is 42.5. The zero-order valence-corrected chi connectivity index (χ0v) is 43.3. The van der Waals surface area contributed by atoms with Crippen LogP contribution in [0.2, 0.25) is 0 Å². The lowest BCUT2D eigenvalue weighted by molar-refractivity contribution is -0.134. The summed E-state index contributed by atoms with van der Waals surface area (Å²) < 4.78 is 9.59. The number of aromatic nitrogens is 4. The van der Waals surface area contributed by atoms with E-state index >= 15 is 0 Å². The minimum atomic E-state index is -1.10. The summed E-state index contributed by atoms with van der Waals surface area (Å²) in [5.41, 5.74) is 8.54. The van der Waals surface area contributed by atoms with Crippen molar-refractivity contribution < 1.29 is 29.0 Å². The zero-order chi connectivity index (χ0) is 51.3. The second-order valence-corrected chi connectivity index (χ2v) is 22.2. The van der Waals surface area contributed by atoms with Crippen molar-refractivity contribution in [1.29, 1.82) is 0 Å². The number of amides is 3. The third-order valence-electron chi connectivity index (χ3n) is 16.2. The molecule has 1 aliphatic carbocycles. The van der Waals surface area contributed by atoms with Gasteiger partial charge in [0.1, 0.15) is 11.6 Å². The number of carbonyl (C=O) groups excluding carboxylic acids is 3. The van der Waals surface area contributed by atoms with Crippen molar-refractivity contribution in [3.8, 4) is 16.9 Å². The number of carboxylic acid groups (broad SMARTS) is 1. The molecule has 1 atom stereocenters. The second kappa shape index (κ2) is 20.3. The number of pyridine rings is 1. The first-order valence-corrected chi connectivity index (χ1v) is 26.9. The van der Waals surface area contributed by atoms with E-state index in [1.165, 1.54) is 17.8 Å². The Morgan fingerprint density at radius 3 is 2.43 bits per heavy atom. The van der Waals surface area contributed by atoms with Gasteiger partial charge in [-0.25, -0.2) is 14.8 Å². The van der Waals surface area contributed by atoms with Gasteiger partial charge in [-0.1, -0.05) is 47.7 Å². The van der Waals surface area contributed by atoms with Crippen molar-refractivity contribution in [1.82, 2.24) is 30.0 Å². The Kier molecular flexibility index (Phi) is 13.4. The van der Waals surface area contributed by atoms with Crippen LogP contribution in [0.25, 0.3) is 32.2 Å². The number of hydrogen-bond acceptors (Lipinski definition) is 12. The highest BCUT2D eigenvalue weighted by molar-refractivity contribution is 7.22. The number of piperazine rings is 1. The van der Waals surface area contributed by atoms with E-state index in [9.17, 15) is 24.3 Å². The van der Waals surface area contributed by atoms with Gasteiger partial charge < -0.3 is 19.6 Å². The van der Waals surface area contributed by atoms with E-state index in [0.717, 1.165) is 119 Å². The van der Waals surface area contributed by atoms with Crippen LogP contribution in [0.3, 0.4) is 0 Å². The van der Waals surface area contributed by atoms with Crippen LogP contribution in [-0.4, -0.2) is 97.8 Å². The quantitative estimate of drug-likeness (QED) is 0.0935. The number of piperidine rings is 1. The standard InChI is InChI=1S/C58H63N9O6S/c1-35-40(41-21-23-50(60-53(41)56(71)72)66-28-26-37-9-7-11-42(45(37)34-66)54(69)62-57-59-46-12-5-6-14-49(46)74-57)10-8-13-48(35)73-39-18-15-36(16-19-39)25-27-58(2,3)67-31-29-65(30-32-67)38-17-20-43-47(33-38)64(4)63-52(43)44-22-24-51(68)61-55(44)70/h5-14,17,20-21,23,33,36,39,44H,15-16,18-19,22,24-32,34H2,1-4H3,(H,71,72)(H,59,62,69)(H,61,68,70)/t36-,39-,44?. The first-order valence-electron chi connectivity index (χ1n) is 26.1. The SMILES string of the molecule is Cc1c(O[C@H]2CC[C@H](CCC(C)(C)N3CCN(c4ccc5c(C6CCC(=O)NC6=O)nn(C)c5c4)CC3)CC2)cccc1-c1ccc(N2CCc3cccc(C(=O)Nc4nc5ccccc5s4)c3C2)nc1C(=O)O. The van der Waals surface area contributed by atoms with Gasteiger partial charge >= 0.3 is 5.97 Å². The number of hydrogen-bond donors (Lipinski definition) is 3. The summed E-state index contributed by atoms with van der Waals surface area (Å²) in [6.45, 7) is 11.6. The fraction of sp³-hybridized carbons (Fsp3) is 0.397. The number of aromatic carboxylic acids is 1. The molecule has 0 bridgehead atoms. The van der Waals surface area contributed by atoms with Gasteiger partial charge in [-0.15, -0.1) is 0 Å². The van der Waals surface area contributed by atoms with E-state index in [-0.39, 0.29) is 35.1 Å². The Bertz CT molecular complexity index is 3280. The molecule has 382 valence electrons. The number of para-hydroxylation sites is 1. The molecule has 74 heavy (non-hydrogen) atoms. The molecular weight excluding hydrogens is 951 g/mol. The van der Waals surface area contributed by atoms with Gasteiger partial charge in [-0.2, -0.15) is 5.10 Å². The van der Waals surface area contributed by atoms with E-state index in [2.05, 4.69) is 62.4 Å². The summed E-state index contributed by atoms with van der Waals surface area (Å²) in [5, 5.41) is 22.3. The molecule has 1 unspecified atom stereocenters. The molecule has 3 amide bonds. The van der Waals surface area contributed by atoms with Crippen molar-refractivity contribution in [3.63, 3.8) is 0 Å². The lowest BCUT2D eigenvalue weighted by Gasteiger charge is -2.45. The van der Waals surface area contributed by atoms with Gasteiger partial charge in [0, 0.05) is 80.5 Å². The normalized spacial score (nSPS) is 19.6. The number of rotatable bonds is 13. The molecule has 11 rings (SSSR count). The maximum absolute atomic E-state index is 13.7. The molecule has 4 aliphatic rings. The number of fused-ring (bicyclic) bond motifs is 3.